The number of anilines is 12. The number of aryl methyl sites for hydroxylation is 3. The van der Waals surface area contributed by atoms with Gasteiger partial charge in [0.05, 0.1) is 88.9 Å². The summed E-state index contributed by atoms with van der Waals surface area (Å²) in [5.74, 6) is 0.0449. The lowest BCUT2D eigenvalue weighted by Gasteiger charge is -2.28. The van der Waals surface area contributed by atoms with Crippen LogP contribution < -0.4 is 19.6 Å². The summed E-state index contributed by atoms with van der Waals surface area (Å²) >= 11 is 0. The lowest BCUT2D eigenvalue weighted by Crippen LogP contribution is -2.11. The van der Waals surface area contributed by atoms with Crippen LogP contribution in [0.1, 0.15) is 47.6 Å². The highest BCUT2D eigenvalue weighted by Crippen LogP contribution is 2.56. The zero-order valence-corrected chi connectivity index (χ0v) is 67.7. The van der Waals surface area contributed by atoms with E-state index in [2.05, 4.69) is 447 Å². The molecule has 0 aliphatic carbocycles. The zero-order chi connectivity index (χ0) is 80.4. The van der Waals surface area contributed by atoms with E-state index in [1.54, 1.807) is 0 Å². The van der Waals surface area contributed by atoms with E-state index >= 15 is 0 Å². The summed E-state index contributed by atoms with van der Waals surface area (Å²) in [7, 11) is 0. The summed E-state index contributed by atoms with van der Waals surface area (Å²) in [4.78, 5) is 9.87. The molecule has 26 aromatic rings. The molecule has 0 amide bonds. The molecule has 1 atom stereocenters. The minimum atomic E-state index is 0.0449. The second kappa shape index (κ2) is 25.9. The summed E-state index contributed by atoms with van der Waals surface area (Å²) in [6, 6.07) is 144. The molecule has 18 aromatic carbocycles. The van der Waals surface area contributed by atoms with Gasteiger partial charge in [-0.05, 0) is 207 Å². The molecule has 0 fully saturated rings. The second-order valence-corrected chi connectivity index (χ2v) is 33.6. The van der Waals surface area contributed by atoms with Crippen molar-refractivity contribution in [3.8, 4) is 0 Å². The second-order valence-electron chi connectivity index (χ2n) is 33.6. The average molecular weight is 1560 g/mol. The maximum Gasteiger partial charge on any atom is 0.0641 e. The van der Waals surface area contributed by atoms with Crippen LogP contribution in [0.25, 0.3) is 152 Å². The molecule has 0 aliphatic rings. The van der Waals surface area contributed by atoms with Crippen molar-refractivity contribution in [2.75, 3.05) is 19.6 Å². The van der Waals surface area contributed by atoms with Crippen LogP contribution in [0.2, 0.25) is 0 Å². The van der Waals surface area contributed by atoms with Crippen molar-refractivity contribution >= 4 is 221 Å². The van der Waals surface area contributed by atoms with Crippen molar-refractivity contribution in [3.05, 3.63) is 410 Å². The van der Waals surface area contributed by atoms with E-state index in [4.69, 9.17) is 0 Å². The largest absolute Gasteiger partial charge is 0.310 e. The lowest BCUT2D eigenvalue weighted by atomic mass is 9.92. The normalized spacial score (nSPS) is 12.6. The van der Waals surface area contributed by atoms with E-state index in [1.807, 2.05) is 0 Å². The van der Waals surface area contributed by atoms with Crippen LogP contribution >= 0.6 is 0 Å². The SMILES string of the molecule is CCc1ccc(N(c2ccccc2)c2ccc3c4cc5c(cc4n4c6ccccc6c2c34)c2ccc(N(c3ccccc3)c3ccc(C(C)c4cccc(N(c6ccc(C)cc6)c6ccc7c8cc9c(cc8n8c%10ccccc%10c6c78)c6ccc(N(c7ccccc7)c7ccc(C)cc7)c7c8ccccc8n9c67)c4)cc3)c3c4ccccc4n5c23)cc1. The van der Waals surface area contributed by atoms with Crippen LogP contribution in [0.3, 0.4) is 0 Å². The van der Waals surface area contributed by atoms with Crippen LogP contribution in [0.15, 0.2) is 382 Å². The van der Waals surface area contributed by atoms with Gasteiger partial charge in [-0.25, -0.2) is 0 Å². The molecule has 0 saturated heterocycles. The summed E-state index contributed by atoms with van der Waals surface area (Å²) in [6.45, 7) is 8.93. The highest BCUT2D eigenvalue weighted by molar-refractivity contribution is 6.35. The molecule has 8 heterocycles. The van der Waals surface area contributed by atoms with Crippen molar-refractivity contribution < 1.29 is 0 Å². The smallest absolute Gasteiger partial charge is 0.0641 e. The van der Waals surface area contributed by atoms with Crippen LogP contribution in [-0.4, -0.2) is 17.6 Å². The molecule has 8 aromatic heterocycles. The van der Waals surface area contributed by atoms with E-state index in [-0.39, 0.29) is 5.92 Å². The maximum absolute atomic E-state index is 2.57. The third-order valence-corrected chi connectivity index (χ3v) is 27.0. The van der Waals surface area contributed by atoms with Crippen molar-refractivity contribution in [1.29, 1.82) is 0 Å². The third kappa shape index (κ3) is 9.62. The summed E-state index contributed by atoms with van der Waals surface area (Å²) < 4.78 is 10.2. The number of benzene rings is 18. The number of para-hydroxylation sites is 7. The molecule has 0 N–H and O–H groups in total. The topological polar surface area (TPSA) is 30.6 Å². The first kappa shape index (κ1) is 68.4. The number of hydrogen-bond acceptors (Lipinski definition) is 4. The molecule has 574 valence electrons. The average Bonchev–Trinajstić information content (AvgIpc) is 1.51. The van der Waals surface area contributed by atoms with E-state index in [9.17, 15) is 0 Å². The number of fused-ring (bicyclic) bond motifs is 24. The van der Waals surface area contributed by atoms with E-state index in [1.165, 1.54) is 180 Å². The molecule has 122 heavy (non-hydrogen) atoms. The molecule has 26 rings (SSSR count). The zero-order valence-electron chi connectivity index (χ0n) is 67.7. The van der Waals surface area contributed by atoms with Gasteiger partial charge in [-0.1, -0.05) is 237 Å². The standard InChI is InChI=1S/C114H78N8/c1-5-72-44-52-80(53-45-72)116(76-27-11-7-12-28-76)100-61-57-84-91-65-104-92(66-103(91)120-96-37-20-16-33-88(96)108(100)112(84)120)85-58-62-101(109-89-34-17-21-38-97(89)121(104)113(85)109)117(77-29-13-8-14-30-77)81-54-46-73(47-55-81)71(4)74-24-23-31-82(64-74)118(79-50-42-70(3)43-51-79)102-63-59-86-94-68-105-93(67-106(94)122-98-39-22-18-35-90(98)110(102)114(86)122)83-56-60-99(107-87-32-15-19-36-95(87)119(105)111(83)107)115(75-25-9-6-10-26-75)78-48-40-69(2)41-49-78/h6-68,71H,5H2,1-4H3. The highest BCUT2D eigenvalue weighted by atomic mass is 15.2. The first-order valence-electron chi connectivity index (χ1n) is 42.7. The van der Waals surface area contributed by atoms with Gasteiger partial charge in [0, 0.05) is 138 Å². The number of hydrogen-bond donors (Lipinski definition) is 0. The van der Waals surface area contributed by atoms with Gasteiger partial charge in [0.1, 0.15) is 0 Å². The van der Waals surface area contributed by atoms with Gasteiger partial charge >= 0.3 is 0 Å². The number of nitrogens with zero attached hydrogens (tertiary/aromatic N) is 8. The Morgan fingerprint density at radius 1 is 0.213 bits per heavy atom. The fraction of sp³-hybridized carbons (Fsp3) is 0.0526. The minimum Gasteiger partial charge on any atom is -0.310 e. The van der Waals surface area contributed by atoms with Crippen molar-refractivity contribution in [2.24, 2.45) is 0 Å². The van der Waals surface area contributed by atoms with E-state index < -0.39 is 0 Å². The van der Waals surface area contributed by atoms with Gasteiger partial charge in [-0.15, -0.1) is 0 Å². The van der Waals surface area contributed by atoms with Crippen LogP contribution in [0.5, 0.6) is 0 Å². The van der Waals surface area contributed by atoms with Crippen LogP contribution in [0.4, 0.5) is 68.2 Å². The summed E-state index contributed by atoms with van der Waals surface area (Å²) in [5.41, 5.74) is 34.3. The Morgan fingerprint density at radius 3 is 0.803 bits per heavy atom. The van der Waals surface area contributed by atoms with Gasteiger partial charge in [-0.3, -0.25) is 0 Å². The minimum absolute atomic E-state index is 0.0449. The van der Waals surface area contributed by atoms with Gasteiger partial charge in [-0.2, -0.15) is 0 Å². The Balaban J connectivity index is 0.586. The highest BCUT2D eigenvalue weighted by Gasteiger charge is 2.32. The fourth-order valence-electron chi connectivity index (χ4n) is 21.4. The van der Waals surface area contributed by atoms with Gasteiger partial charge < -0.3 is 37.2 Å². The quantitative estimate of drug-likeness (QED) is 0.102. The molecule has 0 radical (unpaired) electrons. The Morgan fingerprint density at radius 2 is 0.484 bits per heavy atom. The van der Waals surface area contributed by atoms with E-state index in [0.717, 1.165) is 74.7 Å². The molecular formula is C114H78N8. The molecule has 1 unspecified atom stereocenters. The van der Waals surface area contributed by atoms with Crippen LogP contribution in [-0.2, 0) is 6.42 Å². The lowest BCUT2D eigenvalue weighted by molar-refractivity contribution is 0.921. The fourth-order valence-corrected chi connectivity index (χ4v) is 21.4. The number of aromatic nitrogens is 4. The van der Waals surface area contributed by atoms with Crippen LogP contribution in [0, 0.1) is 13.8 Å². The van der Waals surface area contributed by atoms with Gasteiger partial charge in [0.15, 0.2) is 0 Å². The first-order chi connectivity index (χ1) is 60.3. The monoisotopic (exact) mass is 1560 g/mol. The molecule has 8 nitrogen and oxygen atoms in total. The van der Waals surface area contributed by atoms with Crippen molar-refractivity contribution in [1.82, 2.24) is 17.6 Å². The predicted molar refractivity (Wildman–Crippen MR) is 517 cm³/mol. The Bertz CT molecular complexity index is 8700. The maximum atomic E-state index is 2.57. The molecular weight excluding hydrogens is 1480 g/mol. The molecule has 0 aliphatic heterocycles. The molecule has 8 heteroatoms. The third-order valence-electron chi connectivity index (χ3n) is 27.0. The van der Waals surface area contributed by atoms with Crippen molar-refractivity contribution in [2.45, 2.75) is 40.0 Å². The Hall–Kier alpha value is -15.6. The molecule has 0 bridgehead atoms. The molecule has 0 saturated carbocycles. The van der Waals surface area contributed by atoms with Gasteiger partial charge in [0.2, 0.25) is 0 Å². The first-order valence-corrected chi connectivity index (χ1v) is 42.7. The van der Waals surface area contributed by atoms with Crippen molar-refractivity contribution in [3.63, 3.8) is 0 Å². The Labute approximate surface area is 703 Å². The Kier molecular flexibility index (Phi) is 14.5. The summed E-state index contributed by atoms with van der Waals surface area (Å²) in [6.07, 6.45) is 0.990. The van der Waals surface area contributed by atoms with Gasteiger partial charge in [0.25, 0.3) is 0 Å². The predicted octanol–water partition coefficient (Wildman–Crippen LogP) is 31.5. The van der Waals surface area contributed by atoms with E-state index in [0.29, 0.717) is 0 Å². The molecule has 0 spiro atoms. The summed E-state index contributed by atoms with van der Waals surface area (Å²) in [5, 5.41) is 19.8. The number of rotatable bonds is 15.